The second-order valence-corrected chi connectivity index (χ2v) is 9.73. The Kier molecular flexibility index (Phi) is 11.8. The van der Waals surface area contributed by atoms with Crippen LogP contribution in [0.2, 0.25) is 0 Å². The molecule has 0 spiro atoms. The summed E-state index contributed by atoms with van der Waals surface area (Å²) in [5.74, 6) is -0.332. The second kappa shape index (κ2) is 14.3. The van der Waals surface area contributed by atoms with Crippen LogP contribution in [0.1, 0.15) is 68.4 Å². The number of hydrogen-bond acceptors (Lipinski definition) is 5. The molecule has 0 aliphatic rings. The quantitative estimate of drug-likeness (QED) is 0.221. The van der Waals surface area contributed by atoms with E-state index in [1.54, 1.807) is 11.3 Å². The second-order valence-electron chi connectivity index (χ2n) is 7.83. The van der Waals surface area contributed by atoms with Crippen LogP contribution < -0.4 is 5.73 Å². The number of amides is 1. The fourth-order valence-electron chi connectivity index (χ4n) is 3.45. The van der Waals surface area contributed by atoms with Crippen LogP contribution in [-0.2, 0) is 16.1 Å². The molecule has 0 radical (unpaired) electrons. The van der Waals surface area contributed by atoms with E-state index in [0.29, 0.717) is 19.6 Å². The lowest BCUT2D eigenvalue weighted by molar-refractivity contribution is -0.145. The van der Waals surface area contributed by atoms with Gasteiger partial charge in [0.1, 0.15) is 6.04 Å². The van der Waals surface area contributed by atoms with Crippen molar-refractivity contribution < 1.29 is 19.4 Å². The first-order valence-corrected chi connectivity index (χ1v) is 12.8. The summed E-state index contributed by atoms with van der Waals surface area (Å²) in [5, 5.41) is 11.9. The van der Waals surface area contributed by atoms with Crippen LogP contribution in [0.15, 0.2) is 46.3 Å². The number of carboxylic acid groups (broad SMARTS) is 1. The van der Waals surface area contributed by atoms with Crippen LogP contribution in [0, 0.1) is 0 Å². The zero-order valence-electron chi connectivity index (χ0n) is 18.5. The summed E-state index contributed by atoms with van der Waals surface area (Å²) in [4.78, 5) is 26.6. The summed E-state index contributed by atoms with van der Waals surface area (Å²) in [7, 11) is 0. The highest BCUT2D eigenvalue weighted by Gasteiger charge is 2.25. The van der Waals surface area contributed by atoms with Crippen LogP contribution in [0.5, 0.6) is 0 Å². The topological polar surface area (TPSA) is 92.9 Å². The first kappa shape index (κ1) is 26.4. The van der Waals surface area contributed by atoms with Crippen molar-refractivity contribution in [2.45, 2.75) is 70.5 Å². The van der Waals surface area contributed by atoms with Crippen LogP contribution in [0.3, 0.4) is 0 Å². The van der Waals surface area contributed by atoms with Gasteiger partial charge in [0.05, 0.1) is 12.6 Å². The number of nitrogens with zero attached hydrogens (tertiary/aromatic N) is 1. The SMILES string of the molecule is CCCCOC(=O)C(N)CCCCCC(c1cccs1)N(Cc1ccc(Br)cc1)C(=O)O. The molecule has 1 aromatic carbocycles. The van der Waals surface area contributed by atoms with E-state index in [2.05, 4.69) is 15.9 Å². The van der Waals surface area contributed by atoms with Crippen LogP contribution in [0.4, 0.5) is 4.79 Å². The van der Waals surface area contributed by atoms with Gasteiger partial charge in [-0.05, 0) is 48.4 Å². The summed E-state index contributed by atoms with van der Waals surface area (Å²) in [5.41, 5.74) is 6.89. The molecule has 2 aromatic rings. The van der Waals surface area contributed by atoms with Crippen LogP contribution >= 0.6 is 27.3 Å². The molecule has 0 saturated carbocycles. The van der Waals surface area contributed by atoms with E-state index in [4.69, 9.17) is 10.5 Å². The Morgan fingerprint density at radius 1 is 1.12 bits per heavy atom. The van der Waals surface area contributed by atoms with Crippen molar-refractivity contribution in [1.29, 1.82) is 0 Å². The number of thiophene rings is 1. The predicted octanol–water partition coefficient (Wildman–Crippen LogP) is 6.35. The maximum absolute atomic E-state index is 12.1. The Balaban J connectivity index is 1.89. The summed E-state index contributed by atoms with van der Waals surface area (Å²) in [6, 6.07) is 10.9. The molecule has 0 fully saturated rings. The van der Waals surface area contributed by atoms with Crippen molar-refractivity contribution in [3.05, 3.63) is 56.7 Å². The summed E-state index contributed by atoms with van der Waals surface area (Å²) >= 11 is 5.00. The molecule has 1 heterocycles. The molecule has 6 nitrogen and oxygen atoms in total. The number of esters is 1. The highest BCUT2D eigenvalue weighted by atomic mass is 79.9. The third kappa shape index (κ3) is 8.92. The molecular formula is C24H33BrN2O4S. The molecule has 0 aliphatic carbocycles. The highest BCUT2D eigenvalue weighted by molar-refractivity contribution is 9.10. The lowest BCUT2D eigenvalue weighted by Gasteiger charge is -2.29. The zero-order chi connectivity index (χ0) is 23.3. The van der Waals surface area contributed by atoms with Gasteiger partial charge in [-0.25, -0.2) is 4.79 Å². The molecule has 2 atom stereocenters. The lowest BCUT2D eigenvalue weighted by Crippen LogP contribution is -2.33. The Bertz CT molecular complexity index is 814. The normalized spacial score (nSPS) is 12.8. The largest absolute Gasteiger partial charge is 0.465 e. The number of carbonyl (C=O) groups is 2. The van der Waals surface area contributed by atoms with E-state index in [1.165, 1.54) is 4.90 Å². The first-order chi connectivity index (χ1) is 15.4. The fourth-order valence-corrected chi connectivity index (χ4v) is 4.59. The Labute approximate surface area is 202 Å². The third-order valence-electron chi connectivity index (χ3n) is 5.30. The minimum Gasteiger partial charge on any atom is -0.465 e. The molecule has 3 N–H and O–H groups in total. The van der Waals surface area contributed by atoms with Gasteiger partial charge in [-0.15, -0.1) is 11.3 Å². The molecule has 1 amide bonds. The minimum absolute atomic E-state index is 0.205. The molecular weight excluding hydrogens is 492 g/mol. The van der Waals surface area contributed by atoms with Crippen molar-refractivity contribution in [3.63, 3.8) is 0 Å². The van der Waals surface area contributed by atoms with E-state index in [1.807, 2.05) is 48.7 Å². The number of nitrogens with two attached hydrogens (primary N) is 1. The number of ether oxygens (including phenoxy) is 1. The van der Waals surface area contributed by atoms with Crippen LogP contribution in [-0.4, -0.2) is 34.7 Å². The van der Waals surface area contributed by atoms with E-state index < -0.39 is 12.1 Å². The van der Waals surface area contributed by atoms with Crippen molar-refractivity contribution >= 4 is 39.3 Å². The van der Waals surface area contributed by atoms with Crippen molar-refractivity contribution in [3.8, 4) is 0 Å². The monoisotopic (exact) mass is 524 g/mol. The van der Waals surface area contributed by atoms with Crippen molar-refractivity contribution in [2.24, 2.45) is 5.73 Å². The van der Waals surface area contributed by atoms with Gasteiger partial charge < -0.3 is 15.6 Å². The standard InChI is InChI=1S/C24H33BrN2O4S/c1-2-3-15-31-23(28)20(26)8-5-4-6-9-21(22-10-7-16-32-22)27(24(29)30)17-18-11-13-19(25)14-12-18/h7,10-14,16,20-21H,2-6,8-9,15,17,26H2,1H3,(H,29,30). The molecule has 0 aliphatic heterocycles. The molecule has 32 heavy (non-hydrogen) atoms. The van der Waals surface area contributed by atoms with Crippen LogP contribution in [0.25, 0.3) is 0 Å². The Hall–Kier alpha value is -1.90. The lowest BCUT2D eigenvalue weighted by atomic mass is 10.0. The van der Waals surface area contributed by atoms with Gasteiger partial charge in [0.25, 0.3) is 0 Å². The maximum atomic E-state index is 12.1. The third-order valence-corrected chi connectivity index (χ3v) is 6.80. The van der Waals surface area contributed by atoms with Gasteiger partial charge in [0.15, 0.2) is 0 Å². The van der Waals surface area contributed by atoms with Crippen molar-refractivity contribution in [1.82, 2.24) is 4.90 Å². The maximum Gasteiger partial charge on any atom is 0.408 e. The zero-order valence-corrected chi connectivity index (χ0v) is 20.9. The fraction of sp³-hybridized carbons (Fsp3) is 0.500. The molecule has 2 unspecified atom stereocenters. The average Bonchev–Trinajstić information content (AvgIpc) is 3.30. The number of carbonyl (C=O) groups excluding carboxylic acids is 1. The average molecular weight is 526 g/mol. The summed E-state index contributed by atoms with van der Waals surface area (Å²) in [6.07, 6.45) is 4.74. The molecule has 1 aromatic heterocycles. The van der Waals surface area contributed by atoms with E-state index in [-0.39, 0.29) is 12.0 Å². The van der Waals surface area contributed by atoms with Gasteiger partial charge in [-0.2, -0.15) is 0 Å². The van der Waals surface area contributed by atoms with E-state index in [0.717, 1.165) is 53.4 Å². The number of unbranched alkanes of at least 4 members (excludes halogenated alkanes) is 3. The smallest absolute Gasteiger partial charge is 0.408 e. The molecule has 0 saturated heterocycles. The Morgan fingerprint density at radius 2 is 1.84 bits per heavy atom. The van der Waals surface area contributed by atoms with Gasteiger partial charge >= 0.3 is 12.1 Å². The molecule has 0 bridgehead atoms. The minimum atomic E-state index is -0.928. The van der Waals surface area contributed by atoms with Gasteiger partial charge in [-0.3, -0.25) is 9.69 Å². The van der Waals surface area contributed by atoms with E-state index >= 15 is 0 Å². The molecule has 8 heteroatoms. The van der Waals surface area contributed by atoms with E-state index in [9.17, 15) is 14.7 Å². The number of benzene rings is 1. The first-order valence-electron chi connectivity index (χ1n) is 11.1. The molecule has 176 valence electrons. The number of rotatable bonds is 14. The Morgan fingerprint density at radius 3 is 2.47 bits per heavy atom. The van der Waals surface area contributed by atoms with Crippen molar-refractivity contribution in [2.75, 3.05) is 6.61 Å². The number of halogens is 1. The highest BCUT2D eigenvalue weighted by Crippen LogP contribution is 2.32. The molecule has 2 rings (SSSR count). The summed E-state index contributed by atoms with van der Waals surface area (Å²) < 4.78 is 6.14. The number of hydrogen-bond donors (Lipinski definition) is 2. The van der Waals surface area contributed by atoms with Gasteiger partial charge in [0, 0.05) is 15.9 Å². The van der Waals surface area contributed by atoms with Gasteiger partial charge in [0.2, 0.25) is 0 Å². The summed E-state index contributed by atoms with van der Waals surface area (Å²) in [6.45, 7) is 2.80. The van der Waals surface area contributed by atoms with Gasteiger partial charge in [-0.1, -0.05) is 66.7 Å². The predicted molar refractivity (Wildman–Crippen MR) is 132 cm³/mol.